The molecule has 0 radical (unpaired) electrons. The molecule has 1 aliphatic carbocycles. The number of aryl methyl sites for hydroxylation is 2. The summed E-state index contributed by atoms with van der Waals surface area (Å²) >= 11 is 0. The van der Waals surface area contributed by atoms with Crippen LogP contribution < -0.4 is 15.4 Å². The molecule has 0 aliphatic heterocycles. The van der Waals surface area contributed by atoms with Crippen molar-refractivity contribution in [3.8, 4) is 5.75 Å². The Kier molecular flexibility index (Phi) is 5.03. The molecule has 1 aromatic carbocycles. The van der Waals surface area contributed by atoms with E-state index in [1.807, 2.05) is 49.1 Å². The lowest BCUT2D eigenvalue weighted by atomic mass is 9.93. The average molecular weight is 328 g/mol. The minimum absolute atomic E-state index is 0.0414. The van der Waals surface area contributed by atoms with E-state index in [-0.39, 0.29) is 12.1 Å². The van der Waals surface area contributed by atoms with Crippen molar-refractivity contribution in [3.63, 3.8) is 0 Å². The molecule has 0 spiro atoms. The van der Waals surface area contributed by atoms with Crippen LogP contribution in [0.1, 0.15) is 35.7 Å². The lowest BCUT2D eigenvalue weighted by Gasteiger charge is -2.24. The third kappa shape index (κ3) is 3.69. The number of carbonyl (C=O) groups is 1. The van der Waals surface area contributed by atoms with E-state index in [9.17, 15) is 4.79 Å². The van der Waals surface area contributed by atoms with Crippen molar-refractivity contribution in [2.24, 2.45) is 7.05 Å². The summed E-state index contributed by atoms with van der Waals surface area (Å²) in [5.41, 5.74) is 3.44. The summed E-state index contributed by atoms with van der Waals surface area (Å²) in [6.07, 6.45) is 4.90. The molecule has 2 N–H and O–H groups in total. The number of amides is 2. The molecule has 24 heavy (non-hydrogen) atoms. The second kappa shape index (κ2) is 7.38. The van der Waals surface area contributed by atoms with Crippen molar-refractivity contribution >= 4 is 6.03 Å². The zero-order chi connectivity index (χ0) is 16.9. The number of urea groups is 1. The van der Waals surface area contributed by atoms with Gasteiger partial charge in [-0.15, -0.1) is 0 Å². The second-order valence-electron chi connectivity index (χ2n) is 6.13. The van der Waals surface area contributed by atoms with Crippen LogP contribution in [0.4, 0.5) is 4.79 Å². The van der Waals surface area contributed by atoms with Gasteiger partial charge in [0, 0.05) is 18.3 Å². The zero-order valence-electron chi connectivity index (χ0n) is 14.2. The highest BCUT2D eigenvalue weighted by molar-refractivity contribution is 5.74. The Balaban J connectivity index is 1.44. The first-order valence-corrected chi connectivity index (χ1v) is 8.38. The Morgan fingerprint density at radius 2 is 2.25 bits per heavy atom. The SMILES string of the molecule is Cc1ccccc1OCCNC(=O)N[C@H]1CCCc2c1cnn2C. The van der Waals surface area contributed by atoms with Gasteiger partial charge in [-0.25, -0.2) is 4.79 Å². The molecule has 2 amide bonds. The molecule has 6 heteroatoms. The van der Waals surface area contributed by atoms with Crippen LogP contribution in [0, 0.1) is 6.92 Å². The molecule has 0 unspecified atom stereocenters. The number of rotatable bonds is 5. The van der Waals surface area contributed by atoms with Gasteiger partial charge in [0.25, 0.3) is 0 Å². The van der Waals surface area contributed by atoms with E-state index >= 15 is 0 Å². The maximum Gasteiger partial charge on any atom is 0.315 e. The van der Waals surface area contributed by atoms with Crippen LogP contribution in [-0.4, -0.2) is 29.0 Å². The maximum absolute atomic E-state index is 12.1. The van der Waals surface area contributed by atoms with Gasteiger partial charge in [0.05, 0.1) is 18.8 Å². The third-order valence-corrected chi connectivity index (χ3v) is 4.42. The molecule has 1 atom stereocenters. The van der Waals surface area contributed by atoms with E-state index in [1.54, 1.807) is 0 Å². The minimum atomic E-state index is -0.162. The highest BCUT2D eigenvalue weighted by atomic mass is 16.5. The third-order valence-electron chi connectivity index (χ3n) is 4.42. The number of ether oxygens (including phenoxy) is 1. The van der Waals surface area contributed by atoms with Gasteiger partial charge in [-0.05, 0) is 37.8 Å². The first-order valence-electron chi connectivity index (χ1n) is 8.38. The highest BCUT2D eigenvalue weighted by Crippen LogP contribution is 2.28. The quantitative estimate of drug-likeness (QED) is 0.829. The molecule has 1 aliphatic rings. The van der Waals surface area contributed by atoms with Gasteiger partial charge in [-0.3, -0.25) is 4.68 Å². The van der Waals surface area contributed by atoms with Crippen LogP contribution in [-0.2, 0) is 13.5 Å². The Hall–Kier alpha value is -2.50. The molecule has 0 bridgehead atoms. The van der Waals surface area contributed by atoms with Crippen molar-refractivity contribution in [2.45, 2.75) is 32.2 Å². The molecular weight excluding hydrogens is 304 g/mol. The summed E-state index contributed by atoms with van der Waals surface area (Å²) in [7, 11) is 1.95. The van der Waals surface area contributed by atoms with Gasteiger partial charge in [-0.1, -0.05) is 18.2 Å². The smallest absolute Gasteiger partial charge is 0.315 e. The standard InChI is InChI=1S/C18H24N4O2/c1-13-6-3-4-9-17(13)24-11-10-19-18(23)21-15-7-5-8-16-14(15)12-20-22(16)2/h3-4,6,9,12,15H,5,7-8,10-11H2,1-2H3,(H2,19,21,23)/t15-/m0/s1. The van der Waals surface area contributed by atoms with E-state index < -0.39 is 0 Å². The minimum Gasteiger partial charge on any atom is -0.491 e. The van der Waals surface area contributed by atoms with Crippen molar-refractivity contribution in [3.05, 3.63) is 47.3 Å². The topological polar surface area (TPSA) is 68.2 Å². The molecule has 128 valence electrons. The molecule has 0 fully saturated rings. The predicted octanol–water partition coefficient (Wildman–Crippen LogP) is 2.48. The molecule has 0 saturated carbocycles. The lowest BCUT2D eigenvalue weighted by molar-refractivity contribution is 0.231. The highest BCUT2D eigenvalue weighted by Gasteiger charge is 2.24. The fraction of sp³-hybridized carbons (Fsp3) is 0.444. The van der Waals surface area contributed by atoms with E-state index in [4.69, 9.17) is 4.74 Å². The van der Waals surface area contributed by atoms with E-state index in [0.717, 1.165) is 36.1 Å². The van der Waals surface area contributed by atoms with E-state index in [1.165, 1.54) is 5.69 Å². The number of nitrogens with one attached hydrogen (secondary N) is 2. The molecule has 1 heterocycles. The van der Waals surface area contributed by atoms with E-state index in [0.29, 0.717) is 13.2 Å². The normalized spacial score (nSPS) is 16.3. The summed E-state index contributed by atoms with van der Waals surface area (Å²) in [4.78, 5) is 12.1. The van der Waals surface area contributed by atoms with Gasteiger partial charge in [0.15, 0.2) is 0 Å². The van der Waals surface area contributed by atoms with Crippen LogP contribution in [0.15, 0.2) is 30.5 Å². The van der Waals surface area contributed by atoms with Crippen LogP contribution in [0.3, 0.4) is 0 Å². The van der Waals surface area contributed by atoms with Crippen LogP contribution in [0.2, 0.25) is 0 Å². The fourth-order valence-corrected chi connectivity index (χ4v) is 3.11. The summed E-state index contributed by atoms with van der Waals surface area (Å²) in [5.74, 6) is 0.854. The van der Waals surface area contributed by atoms with E-state index in [2.05, 4.69) is 15.7 Å². The molecule has 1 aromatic heterocycles. The lowest BCUT2D eigenvalue weighted by Crippen LogP contribution is -2.40. The zero-order valence-corrected chi connectivity index (χ0v) is 14.2. The van der Waals surface area contributed by atoms with Gasteiger partial charge in [0.2, 0.25) is 0 Å². The van der Waals surface area contributed by atoms with Crippen LogP contribution in [0.25, 0.3) is 0 Å². The monoisotopic (exact) mass is 328 g/mol. The fourth-order valence-electron chi connectivity index (χ4n) is 3.11. The number of para-hydroxylation sites is 1. The van der Waals surface area contributed by atoms with Crippen molar-refractivity contribution < 1.29 is 9.53 Å². The molecule has 0 saturated heterocycles. The number of hydrogen-bond donors (Lipinski definition) is 2. The average Bonchev–Trinajstić information content (AvgIpc) is 2.96. The number of carbonyl (C=O) groups excluding carboxylic acids is 1. The van der Waals surface area contributed by atoms with Crippen molar-refractivity contribution in [1.82, 2.24) is 20.4 Å². The Labute approximate surface area is 142 Å². The Morgan fingerprint density at radius 3 is 3.08 bits per heavy atom. The van der Waals surface area contributed by atoms with Gasteiger partial charge < -0.3 is 15.4 Å². The number of hydrogen-bond acceptors (Lipinski definition) is 3. The first-order chi connectivity index (χ1) is 11.6. The number of benzene rings is 1. The van der Waals surface area contributed by atoms with Gasteiger partial charge in [-0.2, -0.15) is 5.10 Å². The summed E-state index contributed by atoms with van der Waals surface area (Å²) in [5, 5.41) is 10.2. The number of fused-ring (bicyclic) bond motifs is 1. The van der Waals surface area contributed by atoms with Crippen LogP contribution >= 0.6 is 0 Å². The Morgan fingerprint density at radius 1 is 1.42 bits per heavy atom. The first kappa shape index (κ1) is 16.4. The van der Waals surface area contributed by atoms with Crippen molar-refractivity contribution in [1.29, 1.82) is 0 Å². The van der Waals surface area contributed by atoms with Gasteiger partial charge >= 0.3 is 6.03 Å². The molecule has 6 nitrogen and oxygen atoms in total. The molecule has 2 aromatic rings. The number of aromatic nitrogens is 2. The predicted molar refractivity (Wildman–Crippen MR) is 92.1 cm³/mol. The van der Waals surface area contributed by atoms with Crippen LogP contribution in [0.5, 0.6) is 5.75 Å². The molecular formula is C18H24N4O2. The molecule has 3 rings (SSSR count). The maximum atomic E-state index is 12.1. The largest absolute Gasteiger partial charge is 0.491 e. The Bertz CT molecular complexity index is 711. The number of nitrogens with zero attached hydrogens (tertiary/aromatic N) is 2. The second-order valence-corrected chi connectivity index (χ2v) is 6.13. The van der Waals surface area contributed by atoms with Gasteiger partial charge in [0.1, 0.15) is 12.4 Å². The summed E-state index contributed by atoms with van der Waals surface area (Å²) in [6, 6.07) is 7.73. The summed E-state index contributed by atoms with van der Waals surface area (Å²) in [6.45, 7) is 2.91. The summed E-state index contributed by atoms with van der Waals surface area (Å²) < 4.78 is 7.58. The van der Waals surface area contributed by atoms with Crippen molar-refractivity contribution in [2.75, 3.05) is 13.2 Å².